The van der Waals surface area contributed by atoms with E-state index in [0.717, 1.165) is 33.7 Å². The van der Waals surface area contributed by atoms with E-state index in [0.29, 0.717) is 28.4 Å². The Morgan fingerprint density at radius 1 is 0.796 bits per heavy atom. The van der Waals surface area contributed by atoms with Crippen LogP contribution in [-0.2, 0) is 21.4 Å². The molecule has 2 unspecified atom stereocenters. The van der Waals surface area contributed by atoms with Crippen LogP contribution in [0.5, 0.6) is 5.75 Å². The van der Waals surface area contributed by atoms with Gasteiger partial charge in [-0.05, 0) is 52.8 Å². The number of unbranched alkanes of at least 4 members (excludes halogenated alkanes) is 3. The highest BCUT2D eigenvalue weighted by Gasteiger charge is 2.33. The maximum absolute atomic E-state index is 13.7. The summed E-state index contributed by atoms with van der Waals surface area (Å²) in [7, 11) is 0. The van der Waals surface area contributed by atoms with Crippen LogP contribution in [-0.4, -0.2) is 56.7 Å². The van der Waals surface area contributed by atoms with Gasteiger partial charge in [-0.2, -0.15) is 0 Å². The first kappa shape index (κ1) is 39.8. The Kier molecular flexibility index (Phi) is 13.7. The van der Waals surface area contributed by atoms with Gasteiger partial charge < -0.3 is 25.6 Å². The molecule has 0 aliphatic rings. The third-order valence-electron chi connectivity index (χ3n) is 8.97. The number of carboxylic acid groups (broad SMARTS) is 1. The van der Waals surface area contributed by atoms with Crippen LogP contribution in [0.25, 0.3) is 22.5 Å². The summed E-state index contributed by atoms with van der Waals surface area (Å²) in [5, 5.41) is 26.1. The molecular weight excluding hydrogens is 701 g/mol. The predicted octanol–water partition coefficient (Wildman–Crippen LogP) is 7.77. The maximum Gasteiger partial charge on any atom is 0.329 e. The molecule has 0 saturated heterocycles. The molecule has 3 aromatic carbocycles. The lowest BCUT2D eigenvalue weighted by molar-refractivity contribution is -0.145. The van der Waals surface area contributed by atoms with Gasteiger partial charge in [0.25, 0.3) is 5.91 Å². The van der Waals surface area contributed by atoms with Crippen molar-refractivity contribution in [1.29, 1.82) is 0 Å². The van der Waals surface area contributed by atoms with Gasteiger partial charge in [-0.25, -0.2) is 14.8 Å². The molecule has 5 rings (SSSR count). The van der Waals surface area contributed by atoms with Gasteiger partial charge in [0.2, 0.25) is 5.91 Å². The second kappa shape index (κ2) is 18.6. The number of nitrogens with zero attached hydrogens (tertiary/aromatic N) is 2. The van der Waals surface area contributed by atoms with Crippen LogP contribution in [0, 0.1) is 0 Å². The van der Waals surface area contributed by atoms with Crippen LogP contribution >= 0.6 is 11.3 Å². The topological polar surface area (TPSA) is 151 Å². The van der Waals surface area contributed by atoms with Crippen molar-refractivity contribution in [2.45, 2.75) is 83.4 Å². The molecule has 0 aliphatic carbocycles. The van der Waals surface area contributed by atoms with Crippen LogP contribution in [0.1, 0.15) is 85.2 Å². The number of carboxylic acids is 1. The van der Waals surface area contributed by atoms with Crippen molar-refractivity contribution in [1.82, 2.24) is 20.6 Å². The molecule has 0 fully saturated rings. The minimum atomic E-state index is -1.65. The van der Waals surface area contributed by atoms with E-state index in [1.54, 1.807) is 48.8 Å². The highest BCUT2D eigenvalue weighted by atomic mass is 32.1. The Hall–Kier alpha value is -5.39. The molecule has 5 aromatic rings. The van der Waals surface area contributed by atoms with Crippen LogP contribution in [0.15, 0.2) is 103 Å². The minimum Gasteiger partial charge on any atom is -0.494 e. The fourth-order valence-electron chi connectivity index (χ4n) is 5.79. The summed E-state index contributed by atoms with van der Waals surface area (Å²) in [5.41, 5.74) is 3.48. The fourth-order valence-corrected chi connectivity index (χ4v) is 6.76. The molecule has 0 spiro atoms. The van der Waals surface area contributed by atoms with Gasteiger partial charge in [0, 0.05) is 34.8 Å². The zero-order valence-corrected chi connectivity index (χ0v) is 31.9. The van der Waals surface area contributed by atoms with E-state index in [1.165, 1.54) is 30.6 Å². The summed E-state index contributed by atoms with van der Waals surface area (Å²) in [6.07, 6.45) is 6.70. The largest absolute Gasteiger partial charge is 0.494 e. The number of amides is 2. The first-order valence-corrected chi connectivity index (χ1v) is 19.1. The number of aliphatic hydroxyl groups is 1. The fraction of sp³-hybridized carbons (Fsp3) is 0.326. The number of aromatic nitrogens is 2. The number of benzene rings is 3. The molecule has 0 bridgehead atoms. The van der Waals surface area contributed by atoms with E-state index in [2.05, 4.69) is 48.3 Å². The number of aliphatic hydroxyl groups excluding tert-OH is 1. The van der Waals surface area contributed by atoms with Crippen LogP contribution in [0.2, 0.25) is 0 Å². The Balaban J connectivity index is 1.29. The molecule has 0 aliphatic heterocycles. The molecule has 10 nitrogen and oxygen atoms in total. The van der Waals surface area contributed by atoms with E-state index in [9.17, 15) is 24.6 Å². The highest BCUT2D eigenvalue weighted by molar-refractivity contribution is 7.14. The molecule has 2 amide bonds. The molecule has 2 heterocycles. The minimum absolute atomic E-state index is 0.0569. The smallest absolute Gasteiger partial charge is 0.329 e. The van der Waals surface area contributed by atoms with Crippen molar-refractivity contribution < 1.29 is 29.3 Å². The van der Waals surface area contributed by atoms with E-state index >= 15 is 0 Å². The van der Waals surface area contributed by atoms with E-state index in [1.807, 2.05) is 54.6 Å². The van der Waals surface area contributed by atoms with Crippen molar-refractivity contribution in [3.63, 3.8) is 0 Å². The third-order valence-corrected chi connectivity index (χ3v) is 10.5. The number of rotatable bonds is 17. The molecule has 0 saturated carbocycles. The standard InChI is InChI=1S/C43H48N4O6S/c1-5-6-7-11-24-53-33-20-18-29(19-21-33)32-26-44-39(45-27-32)31-16-14-28(15-17-31)25-34(46-41(50)35-22-23-36(54-35)43(2,3)4)40(49)47-37(42(51)52)38(48)30-12-9-8-10-13-30/h8-10,12-23,26-27,34,37-38,48H,5-7,11,24-25H2,1-4H3,(H,46,50)(H,47,49)(H,51,52)/t34-,37?,38?/m0/s1. The maximum atomic E-state index is 13.7. The lowest BCUT2D eigenvalue weighted by Crippen LogP contribution is -2.54. The Morgan fingerprint density at radius 2 is 1.46 bits per heavy atom. The van der Waals surface area contributed by atoms with Gasteiger partial charge in [-0.1, -0.05) is 114 Å². The zero-order valence-electron chi connectivity index (χ0n) is 31.1. The van der Waals surface area contributed by atoms with Crippen molar-refractivity contribution in [2.24, 2.45) is 0 Å². The number of hydrogen-bond acceptors (Lipinski definition) is 8. The average molecular weight is 749 g/mol. The molecule has 4 N–H and O–H groups in total. The van der Waals surface area contributed by atoms with E-state index in [4.69, 9.17) is 4.74 Å². The normalized spacial score (nSPS) is 13.1. The number of hydrogen-bond donors (Lipinski definition) is 4. The lowest BCUT2D eigenvalue weighted by atomic mass is 9.95. The third kappa shape index (κ3) is 10.8. The molecule has 3 atom stereocenters. The summed E-state index contributed by atoms with van der Waals surface area (Å²) < 4.78 is 5.86. The summed E-state index contributed by atoms with van der Waals surface area (Å²) in [6, 6.07) is 24.2. The van der Waals surface area contributed by atoms with Gasteiger partial charge >= 0.3 is 5.97 Å². The SMILES string of the molecule is CCCCCCOc1ccc(-c2cnc(-c3ccc(C[C@H](NC(=O)c4ccc(C(C)(C)C)s4)C(=O)NC(C(=O)O)C(O)c4ccccc4)cc3)nc2)cc1. The van der Waals surface area contributed by atoms with Crippen molar-refractivity contribution in [2.75, 3.05) is 6.61 Å². The average Bonchev–Trinajstić information content (AvgIpc) is 3.69. The monoisotopic (exact) mass is 748 g/mol. The lowest BCUT2D eigenvalue weighted by Gasteiger charge is -2.24. The summed E-state index contributed by atoms with van der Waals surface area (Å²) in [4.78, 5) is 50.0. The Labute approximate surface area is 320 Å². The van der Waals surface area contributed by atoms with Gasteiger partial charge in [-0.15, -0.1) is 11.3 Å². The van der Waals surface area contributed by atoms with Crippen LogP contribution < -0.4 is 15.4 Å². The van der Waals surface area contributed by atoms with Crippen LogP contribution in [0.4, 0.5) is 0 Å². The van der Waals surface area contributed by atoms with E-state index < -0.39 is 36.0 Å². The van der Waals surface area contributed by atoms with Crippen molar-refractivity contribution >= 4 is 29.1 Å². The van der Waals surface area contributed by atoms with Crippen LogP contribution in [0.3, 0.4) is 0 Å². The zero-order chi connectivity index (χ0) is 38.7. The molecule has 11 heteroatoms. The first-order chi connectivity index (χ1) is 25.9. The van der Waals surface area contributed by atoms with Gasteiger partial charge in [-0.3, -0.25) is 9.59 Å². The molecular formula is C43H48N4O6S. The number of nitrogens with one attached hydrogen (secondary N) is 2. The summed E-state index contributed by atoms with van der Waals surface area (Å²) >= 11 is 1.34. The molecule has 2 aromatic heterocycles. The summed E-state index contributed by atoms with van der Waals surface area (Å²) in [5.74, 6) is -1.26. The number of carbonyl (C=O) groups is 3. The molecule has 282 valence electrons. The second-order valence-electron chi connectivity index (χ2n) is 14.2. The van der Waals surface area contributed by atoms with Crippen molar-refractivity contribution in [3.8, 4) is 28.3 Å². The second-order valence-corrected chi connectivity index (χ2v) is 15.3. The predicted molar refractivity (Wildman–Crippen MR) is 211 cm³/mol. The van der Waals surface area contributed by atoms with Gasteiger partial charge in [0.1, 0.15) is 17.9 Å². The van der Waals surface area contributed by atoms with Gasteiger partial charge in [0.05, 0.1) is 11.5 Å². The molecule has 54 heavy (non-hydrogen) atoms. The first-order valence-electron chi connectivity index (χ1n) is 18.2. The molecule has 0 radical (unpaired) electrons. The Bertz CT molecular complexity index is 1970. The van der Waals surface area contributed by atoms with Gasteiger partial charge in [0.15, 0.2) is 11.9 Å². The van der Waals surface area contributed by atoms with Crippen molar-refractivity contribution in [3.05, 3.63) is 124 Å². The number of aliphatic carboxylic acids is 1. The quantitative estimate of drug-likeness (QED) is 0.0705. The van der Waals surface area contributed by atoms with E-state index in [-0.39, 0.29) is 11.8 Å². The number of ether oxygens (including phenoxy) is 1. The Morgan fingerprint density at radius 3 is 2.07 bits per heavy atom. The number of carbonyl (C=O) groups excluding carboxylic acids is 2. The summed E-state index contributed by atoms with van der Waals surface area (Å²) in [6.45, 7) is 9.05. The number of thiophene rings is 1. The highest BCUT2D eigenvalue weighted by Crippen LogP contribution is 2.30.